The molecule has 2 heterocycles. The van der Waals surface area contributed by atoms with E-state index in [1.54, 1.807) is 0 Å². The molecule has 0 saturated carbocycles. The van der Waals surface area contributed by atoms with Crippen molar-refractivity contribution in [2.24, 2.45) is 0 Å². The van der Waals surface area contributed by atoms with Gasteiger partial charge in [-0.3, -0.25) is 4.90 Å². The molecule has 1 saturated heterocycles. The van der Waals surface area contributed by atoms with Gasteiger partial charge in [-0.05, 0) is 20.8 Å². The van der Waals surface area contributed by atoms with Crippen LogP contribution in [0.1, 0.15) is 20.8 Å². The standard InChI is InChI=1S/C12H21N5O2S/c1-12(2,3)16-4-6-17(7-5-16)20(18,19)10-8-14-11(13)15-9-10/h8-9H,4-7H2,1-3H3,(H2,13,14,15). The molecule has 2 rings (SSSR count). The van der Waals surface area contributed by atoms with Gasteiger partial charge in [0.15, 0.2) is 0 Å². The lowest BCUT2D eigenvalue weighted by Gasteiger charge is -2.41. The molecule has 0 aromatic carbocycles. The zero-order valence-electron chi connectivity index (χ0n) is 12.1. The van der Waals surface area contributed by atoms with Gasteiger partial charge in [-0.1, -0.05) is 0 Å². The van der Waals surface area contributed by atoms with Gasteiger partial charge in [-0.25, -0.2) is 18.4 Å². The Balaban J connectivity index is 2.11. The van der Waals surface area contributed by atoms with Crippen molar-refractivity contribution in [3.8, 4) is 0 Å². The Morgan fingerprint density at radius 1 is 1.10 bits per heavy atom. The van der Waals surface area contributed by atoms with Gasteiger partial charge < -0.3 is 5.73 Å². The molecule has 1 aromatic heterocycles. The third-order valence-corrected chi connectivity index (χ3v) is 5.32. The number of hydrogen-bond donors (Lipinski definition) is 1. The summed E-state index contributed by atoms with van der Waals surface area (Å²) in [6.07, 6.45) is 2.52. The normalized spacial score (nSPS) is 19.1. The Labute approximate surface area is 119 Å². The van der Waals surface area contributed by atoms with Crippen molar-refractivity contribution in [1.82, 2.24) is 19.2 Å². The first-order valence-corrected chi connectivity index (χ1v) is 7.98. The second-order valence-corrected chi connectivity index (χ2v) is 7.78. The number of hydrogen-bond acceptors (Lipinski definition) is 6. The summed E-state index contributed by atoms with van der Waals surface area (Å²) in [5.41, 5.74) is 5.43. The van der Waals surface area contributed by atoms with E-state index in [9.17, 15) is 8.42 Å². The van der Waals surface area contributed by atoms with Crippen molar-refractivity contribution < 1.29 is 8.42 Å². The molecule has 8 heteroatoms. The summed E-state index contributed by atoms with van der Waals surface area (Å²) in [6.45, 7) is 8.78. The van der Waals surface area contributed by atoms with Gasteiger partial charge in [0.2, 0.25) is 16.0 Å². The van der Waals surface area contributed by atoms with Crippen LogP contribution in [0.5, 0.6) is 0 Å². The van der Waals surface area contributed by atoms with Crippen LogP contribution in [0.15, 0.2) is 17.3 Å². The van der Waals surface area contributed by atoms with Crippen LogP contribution < -0.4 is 5.73 Å². The van der Waals surface area contributed by atoms with Crippen molar-refractivity contribution >= 4 is 16.0 Å². The lowest BCUT2D eigenvalue weighted by atomic mass is 10.1. The molecule has 0 spiro atoms. The molecule has 0 aliphatic carbocycles. The van der Waals surface area contributed by atoms with Crippen molar-refractivity contribution in [3.63, 3.8) is 0 Å². The Morgan fingerprint density at radius 3 is 2.05 bits per heavy atom. The van der Waals surface area contributed by atoms with E-state index in [0.717, 1.165) is 13.1 Å². The topological polar surface area (TPSA) is 92.4 Å². The molecular weight excluding hydrogens is 278 g/mol. The maximum Gasteiger partial charge on any atom is 0.246 e. The maximum absolute atomic E-state index is 12.4. The fourth-order valence-corrected chi connectivity index (χ4v) is 3.52. The quantitative estimate of drug-likeness (QED) is 0.836. The van der Waals surface area contributed by atoms with E-state index in [1.807, 2.05) is 0 Å². The average molecular weight is 299 g/mol. The smallest absolute Gasteiger partial charge is 0.246 e. The van der Waals surface area contributed by atoms with Gasteiger partial charge in [-0.15, -0.1) is 0 Å². The third kappa shape index (κ3) is 3.08. The zero-order chi connectivity index (χ0) is 15.0. The molecule has 2 N–H and O–H groups in total. The molecule has 0 radical (unpaired) electrons. The number of rotatable bonds is 2. The highest BCUT2D eigenvalue weighted by Crippen LogP contribution is 2.20. The van der Waals surface area contributed by atoms with Crippen LogP contribution in [0, 0.1) is 0 Å². The SMILES string of the molecule is CC(C)(C)N1CCN(S(=O)(=O)c2cnc(N)nc2)CC1. The highest BCUT2D eigenvalue weighted by Gasteiger charge is 2.32. The minimum Gasteiger partial charge on any atom is -0.368 e. The first-order chi connectivity index (χ1) is 9.21. The molecule has 1 fully saturated rings. The molecule has 1 aromatic rings. The first-order valence-electron chi connectivity index (χ1n) is 6.54. The Bertz CT molecular complexity index is 557. The van der Waals surface area contributed by atoms with Crippen LogP contribution in [0.4, 0.5) is 5.95 Å². The van der Waals surface area contributed by atoms with E-state index in [1.165, 1.54) is 16.7 Å². The number of nitrogen functional groups attached to an aromatic ring is 1. The zero-order valence-corrected chi connectivity index (χ0v) is 12.9. The number of aromatic nitrogens is 2. The monoisotopic (exact) mass is 299 g/mol. The predicted molar refractivity (Wildman–Crippen MR) is 76.5 cm³/mol. The van der Waals surface area contributed by atoms with Crippen LogP contribution in [0.25, 0.3) is 0 Å². The van der Waals surface area contributed by atoms with Gasteiger partial charge in [-0.2, -0.15) is 4.31 Å². The average Bonchev–Trinajstić information content (AvgIpc) is 2.38. The second-order valence-electron chi connectivity index (χ2n) is 5.84. The van der Waals surface area contributed by atoms with Crippen LogP contribution in [0.2, 0.25) is 0 Å². The number of piperazine rings is 1. The molecule has 112 valence electrons. The number of nitrogens with two attached hydrogens (primary N) is 1. The highest BCUT2D eigenvalue weighted by molar-refractivity contribution is 7.89. The second kappa shape index (κ2) is 5.27. The summed E-state index contributed by atoms with van der Waals surface area (Å²) in [5.74, 6) is 0.0708. The van der Waals surface area contributed by atoms with E-state index in [-0.39, 0.29) is 16.4 Å². The highest BCUT2D eigenvalue weighted by atomic mass is 32.2. The Morgan fingerprint density at radius 2 is 1.60 bits per heavy atom. The predicted octanol–water partition coefficient (Wildman–Crippen LogP) is 0.164. The van der Waals surface area contributed by atoms with Gasteiger partial charge in [0.05, 0.1) is 12.4 Å². The lowest BCUT2D eigenvalue weighted by molar-refractivity contribution is 0.0921. The summed E-state index contributed by atoms with van der Waals surface area (Å²) in [4.78, 5) is 9.86. The van der Waals surface area contributed by atoms with Gasteiger partial charge in [0.25, 0.3) is 0 Å². The van der Waals surface area contributed by atoms with E-state index >= 15 is 0 Å². The first kappa shape index (κ1) is 15.1. The molecule has 1 aliphatic heterocycles. The fraction of sp³-hybridized carbons (Fsp3) is 0.667. The summed E-state index contributed by atoms with van der Waals surface area (Å²) in [7, 11) is -3.52. The lowest BCUT2D eigenvalue weighted by Crippen LogP contribution is -2.54. The molecule has 20 heavy (non-hydrogen) atoms. The molecule has 0 unspecified atom stereocenters. The third-order valence-electron chi connectivity index (χ3n) is 3.47. The number of anilines is 1. The molecule has 0 bridgehead atoms. The molecule has 7 nitrogen and oxygen atoms in total. The van der Waals surface area contributed by atoms with Crippen LogP contribution in [-0.2, 0) is 10.0 Å². The summed E-state index contributed by atoms with van der Waals surface area (Å²) in [5, 5.41) is 0. The Hall–Kier alpha value is -1.25. The molecular formula is C12H21N5O2S. The van der Waals surface area contributed by atoms with E-state index in [2.05, 4.69) is 35.6 Å². The van der Waals surface area contributed by atoms with Crippen LogP contribution in [-0.4, -0.2) is 59.3 Å². The van der Waals surface area contributed by atoms with Crippen molar-refractivity contribution in [3.05, 3.63) is 12.4 Å². The summed E-state index contributed by atoms with van der Waals surface area (Å²) >= 11 is 0. The van der Waals surface area contributed by atoms with Crippen molar-refractivity contribution in [2.75, 3.05) is 31.9 Å². The van der Waals surface area contributed by atoms with Gasteiger partial charge in [0.1, 0.15) is 4.90 Å². The fourth-order valence-electron chi connectivity index (χ4n) is 2.21. The number of nitrogens with zero attached hydrogens (tertiary/aromatic N) is 4. The number of sulfonamides is 1. The molecule has 0 amide bonds. The van der Waals surface area contributed by atoms with Crippen molar-refractivity contribution in [2.45, 2.75) is 31.2 Å². The minimum atomic E-state index is -3.52. The summed E-state index contributed by atoms with van der Waals surface area (Å²) in [6, 6.07) is 0. The van der Waals surface area contributed by atoms with Crippen LogP contribution >= 0.6 is 0 Å². The van der Waals surface area contributed by atoms with Crippen molar-refractivity contribution in [1.29, 1.82) is 0 Å². The van der Waals surface area contributed by atoms with Gasteiger partial charge >= 0.3 is 0 Å². The molecule has 1 aliphatic rings. The van der Waals surface area contributed by atoms with E-state index in [0.29, 0.717) is 13.1 Å². The molecule has 0 atom stereocenters. The van der Waals surface area contributed by atoms with Crippen LogP contribution in [0.3, 0.4) is 0 Å². The van der Waals surface area contributed by atoms with E-state index < -0.39 is 10.0 Å². The Kier molecular flexibility index (Phi) is 3.99. The van der Waals surface area contributed by atoms with E-state index in [4.69, 9.17) is 5.73 Å². The minimum absolute atomic E-state index is 0.0557. The maximum atomic E-state index is 12.4. The largest absolute Gasteiger partial charge is 0.368 e. The van der Waals surface area contributed by atoms with Gasteiger partial charge in [0, 0.05) is 31.7 Å². The summed E-state index contributed by atoms with van der Waals surface area (Å²) < 4.78 is 26.4.